The van der Waals surface area contributed by atoms with Gasteiger partial charge in [0.15, 0.2) is 0 Å². The molecular weight excluding hydrogens is 256 g/mol. The molecule has 3 nitrogen and oxygen atoms in total. The lowest BCUT2D eigenvalue weighted by atomic mass is 9.74. The highest BCUT2D eigenvalue weighted by atomic mass is 32.1. The van der Waals surface area contributed by atoms with E-state index in [1.807, 2.05) is 0 Å². The fourth-order valence-corrected chi connectivity index (χ4v) is 3.78. The second-order valence-corrected chi connectivity index (χ2v) is 6.58. The maximum Gasteiger partial charge on any atom is 0.113 e. The highest BCUT2D eigenvalue weighted by Gasteiger charge is 2.47. The van der Waals surface area contributed by atoms with Crippen LogP contribution in [0.1, 0.15) is 63.6 Å². The maximum absolute atomic E-state index is 5.73. The minimum Gasteiger partial charge on any atom is -0.378 e. The predicted octanol–water partition coefficient (Wildman–Crippen LogP) is 3.66. The van der Waals surface area contributed by atoms with Crippen LogP contribution < -0.4 is 5.32 Å². The van der Waals surface area contributed by atoms with E-state index in [1.165, 1.54) is 10.7 Å². The number of hydrogen-bond donors (Lipinski definition) is 1. The molecule has 0 saturated heterocycles. The van der Waals surface area contributed by atoms with Crippen LogP contribution in [0.25, 0.3) is 0 Å². The Hall–Kier alpha value is -0.450. The summed E-state index contributed by atoms with van der Waals surface area (Å²) in [6.07, 6.45) is 3.68. The molecule has 0 atom stereocenters. The molecule has 0 spiro atoms. The lowest BCUT2D eigenvalue weighted by Crippen LogP contribution is -2.55. The molecule has 1 heterocycles. The minimum absolute atomic E-state index is 0.0770. The molecule has 19 heavy (non-hydrogen) atoms. The molecule has 0 bridgehead atoms. The summed E-state index contributed by atoms with van der Waals surface area (Å²) in [5, 5.41) is 7.17. The first-order valence-corrected chi connectivity index (χ1v) is 8.31. The van der Waals surface area contributed by atoms with Crippen molar-refractivity contribution in [3.8, 4) is 0 Å². The van der Waals surface area contributed by atoms with Gasteiger partial charge in [-0.05, 0) is 38.6 Å². The quantitative estimate of drug-likeness (QED) is 0.828. The van der Waals surface area contributed by atoms with Crippen molar-refractivity contribution in [3.05, 3.63) is 16.1 Å². The van der Waals surface area contributed by atoms with Crippen LogP contribution >= 0.6 is 11.3 Å². The molecule has 0 amide bonds. The van der Waals surface area contributed by atoms with Gasteiger partial charge in [0.25, 0.3) is 0 Å². The van der Waals surface area contributed by atoms with Gasteiger partial charge >= 0.3 is 0 Å². The van der Waals surface area contributed by atoms with Crippen LogP contribution in [0.4, 0.5) is 0 Å². The zero-order chi connectivity index (χ0) is 13.9. The summed E-state index contributed by atoms with van der Waals surface area (Å²) < 4.78 is 5.73. The lowest BCUT2D eigenvalue weighted by Gasteiger charge is -2.46. The number of nitrogens with one attached hydrogen (secondary N) is 1. The van der Waals surface area contributed by atoms with Gasteiger partial charge in [-0.1, -0.05) is 20.8 Å². The molecule has 1 saturated carbocycles. The second-order valence-electron chi connectivity index (χ2n) is 5.73. The number of rotatable bonds is 7. The molecule has 1 N–H and O–H groups in total. The Labute approximate surface area is 120 Å². The van der Waals surface area contributed by atoms with Crippen molar-refractivity contribution < 1.29 is 4.74 Å². The number of ether oxygens (including phenoxy) is 1. The number of nitrogens with zero attached hydrogens (tertiary/aromatic N) is 1. The molecule has 4 heteroatoms. The molecule has 1 aromatic rings. The zero-order valence-electron chi connectivity index (χ0n) is 12.5. The Kier molecular flexibility index (Phi) is 4.98. The molecule has 108 valence electrons. The Bertz CT molecular complexity index is 397. The molecule has 0 radical (unpaired) electrons. The largest absolute Gasteiger partial charge is 0.378 e. The lowest BCUT2D eigenvalue weighted by molar-refractivity contribution is -0.0535. The summed E-state index contributed by atoms with van der Waals surface area (Å²) in [5.74, 6) is 0.510. The molecule has 1 aromatic heterocycles. The van der Waals surface area contributed by atoms with E-state index >= 15 is 0 Å². The number of thiazole rings is 1. The molecule has 0 aromatic carbocycles. The van der Waals surface area contributed by atoms with Crippen molar-refractivity contribution in [3.63, 3.8) is 0 Å². The SMILES string of the molecule is CCCNC1(c2nc(C(C)C)cs2)CC(OCC)C1. The second kappa shape index (κ2) is 6.33. The molecule has 1 aliphatic carbocycles. The van der Waals surface area contributed by atoms with Crippen LogP contribution in [0, 0.1) is 0 Å². The normalized spacial score (nSPS) is 26.7. The first kappa shape index (κ1) is 14.9. The van der Waals surface area contributed by atoms with Gasteiger partial charge in [-0.25, -0.2) is 4.98 Å². The fourth-order valence-electron chi connectivity index (χ4n) is 2.60. The van der Waals surface area contributed by atoms with Gasteiger partial charge in [0, 0.05) is 12.0 Å². The molecule has 1 aliphatic rings. The Balaban J connectivity index is 2.09. The summed E-state index contributed by atoms with van der Waals surface area (Å²) in [6, 6.07) is 0. The average molecular weight is 282 g/mol. The Morgan fingerprint density at radius 2 is 2.21 bits per heavy atom. The van der Waals surface area contributed by atoms with Crippen molar-refractivity contribution in [2.45, 2.75) is 64.5 Å². The smallest absolute Gasteiger partial charge is 0.113 e. The van der Waals surface area contributed by atoms with Crippen LogP contribution in [0.15, 0.2) is 5.38 Å². The number of aromatic nitrogens is 1. The molecule has 1 fully saturated rings. The molecule has 0 unspecified atom stereocenters. The van der Waals surface area contributed by atoms with Crippen LogP contribution in [-0.4, -0.2) is 24.2 Å². The van der Waals surface area contributed by atoms with Crippen molar-refractivity contribution >= 4 is 11.3 Å². The van der Waals surface area contributed by atoms with Crippen LogP contribution in [-0.2, 0) is 10.3 Å². The third-order valence-corrected chi connectivity index (χ3v) is 4.86. The predicted molar refractivity (Wildman–Crippen MR) is 80.8 cm³/mol. The van der Waals surface area contributed by atoms with Gasteiger partial charge in [-0.3, -0.25) is 0 Å². The van der Waals surface area contributed by atoms with Crippen molar-refractivity contribution in [1.29, 1.82) is 0 Å². The summed E-state index contributed by atoms with van der Waals surface area (Å²) in [7, 11) is 0. The van der Waals surface area contributed by atoms with E-state index in [4.69, 9.17) is 9.72 Å². The fraction of sp³-hybridized carbons (Fsp3) is 0.800. The average Bonchev–Trinajstić information content (AvgIpc) is 2.82. The van der Waals surface area contributed by atoms with Gasteiger partial charge in [0.1, 0.15) is 5.01 Å². The molecular formula is C15H26N2OS. The highest BCUT2D eigenvalue weighted by Crippen LogP contribution is 2.44. The summed E-state index contributed by atoms with van der Waals surface area (Å²) >= 11 is 1.80. The summed E-state index contributed by atoms with van der Waals surface area (Å²) in [4.78, 5) is 4.85. The molecule has 0 aliphatic heterocycles. The van der Waals surface area contributed by atoms with Crippen LogP contribution in [0.2, 0.25) is 0 Å². The number of hydrogen-bond acceptors (Lipinski definition) is 4. The zero-order valence-corrected chi connectivity index (χ0v) is 13.3. The van der Waals surface area contributed by atoms with Gasteiger partial charge in [0.05, 0.1) is 17.3 Å². The van der Waals surface area contributed by atoms with Crippen molar-refractivity contribution in [2.75, 3.05) is 13.2 Å². The highest BCUT2D eigenvalue weighted by molar-refractivity contribution is 7.09. The summed E-state index contributed by atoms with van der Waals surface area (Å²) in [5.41, 5.74) is 1.30. The van der Waals surface area contributed by atoms with Crippen molar-refractivity contribution in [2.24, 2.45) is 0 Å². The van der Waals surface area contributed by atoms with Crippen LogP contribution in [0.3, 0.4) is 0 Å². The van der Waals surface area contributed by atoms with E-state index in [9.17, 15) is 0 Å². The van der Waals surface area contributed by atoms with Crippen LogP contribution in [0.5, 0.6) is 0 Å². The van der Waals surface area contributed by atoms with E-state index in [1.54, 1.807) is 11.3 Å². The molecule has 2 rings (SSSR count). The van der Waals surface area contributed by atoms with E-state index in [-0.39, 0.29) is 5.54 Å². The van der Waals surface area contributed by atoms with E-state index in [2.05, 4.69) is 38.4 Å². The third-order valence-electron chi connectivity index (χ3n) is 3.79. The van der Waals surface area contributed by atoms with Gasteiger partial charge in [-0.15, -0.1) is 11.3 Å². The van der Waals surface area contributed by atoms with E-state index in [0.717, 1.165) is 32.4 Å². The monoisotopic (exact) mass is 282 g/mol. The third kappa shape index (κ3) is 3.18. The van der Waals surface area contributed by atoms with E-state index in [0.29, 0.717) is 12.0 Å². The Morgan fingerprint density at radius 1 is 1.47 bits per heavy atom. The maximum atomic E-state index is 5.73. The standard InChI is InChI=1S/C15H26N2OS/c1-5-7-16-15(8-12(9-15)18-6-2)14-17-13(10-19-14)11(3)4/h10-12,16H,5-9H2,1-4H3. The van der Waals surface area contributed by atoms with Gasteiger partial charge in [0.2, 0.25) is 0 Å². The first-order valence-electron chi connectivity index (χ1n) is 7.43. The topological polar surface area (TPSA) is 34.2 Å². The van der Waals surface area contributed by atoms with Crippen molar-refractivity contribution in [1.82, 2.24) is 10.3 Å². The Morgan fingerprint density at radius 3 is 2.74 bits per heavy atom. The van der Waals surface area contributed by atoms with Gasteiger partial charge < -0.3 is 10.1 Å². The first-order chi connectivity index (χ1) is 9.11. The van der Waals surface area contributed by atoms with E-state index < -0.39 is 0 Å². The summed E-state index contributed by atoms with van der Waals surface area (Å²) in [6.45, 7) is 10.5. The van der Waals surface area contributed by atoms with Gasteiger partial charge in [-0.2, -0.15) is 0 Å². The minimum atomic E-state index is 0.0770.